The van der Waals surface area contributed by atoms with Gasteiger partial charge >= 0.3 is 0 Å². The smallest absolute Gasteiger partial charge is 0.242 e. The molecule has 1 N–H and O–H groups in total. The Morgan fingerprint density at radius 1 is 1.06 bits per heavy atom. The number of rotatable bonds is 15. The third-order valence-corrected chi connectivity index (χ3v) is 6.42. The standard InChI is InChI=1S/C23H38N4O5S/c1-5-8-11-29-15-17-19(30-12-9-6-2)20(31-13-10-7-3)23(28,32-17)18-14-24-21-22(33-4)25-16-26-27(18)21/h14,16-17,19-20,28H,5-13,15H2,1-4H3/t17-,19-,20-,23+/m1/s1. The molecule has 0 saturated carbocycles. The second-order valence-electron chi connectivity index (χ2n) is 8.26. The fraction of sp³-hybridized carbons (Fsp3) is 0.783. The predicted octanol–water partition coefficient (Wildman–Crippen LogP) is 3.58. The van der Waals surface area contributed by atoms with Gasteiger partial charge in [0.2, 0.25) is 5.79 Å². The lowest BCUT2D eigenvalue weighted by atomic mass is 10.0. The largest absolute Gasteiger partial charge is 0.379 e. The molecule has 33 heavy (non-hydrogen) atoms. The van der Waals surface area contributed by atoms with Gasteiger partial charge in [-0.1, -0.05) is 40.0 Å². The molecule has 0 bridgehead atoms. The maximum atomic E-state index is 12.0. The van der Waals surface area contributed by atoms with Crippen molar-refractivity contribution in [1.29, 1.82) is 0 Å². The molecule has 1 fully saturated rings. The van der Waals surface area contributed by atoms with Crippen LogP contribution in [0.2, 0.25) is 0 Å². The van der Waals surface area contributed by atoms with Gasteiger partial charge in [-0.2, -0.15) is 5.10 Å². The number of imidazole rings is 1. The van der Waals surface area contributed by atoms with Crippen molar-refractivity contribution >= 4 is 17.4 Å². The fourth-order valence-corrected chi connectivity index (χ4v) is 4.34. The molecule has 4 atom stereocenters. The van der Waals surface area contributed by atoms with E-state index in [9.17, 15) is 5.11 Å². The minimum Gasteiger partial charge on any atom is -0.379 e. The van der Waals surface area contributed by atoms with Crippen LogP contribution in [0.3, 0.4) is 0 Å². The molecule has 0 amide bonds. The number of nitrogens with zero attached hydrogens (tertiary/aromatic N) is 4. The van der Waals surface area contributed by atoms with E-state index in [4.69, 9.17) is 18.9 Å². The summed E-state index contributed by atoms with van der Waals surface area (Å²) in [5, 5.41) is 17.0. The lowest BCUT2D eigenvalue weighted by Gasteiger charge is -2.29. The molecular weight excluding hydrogens is 444 g/mol. The molecule has 186 valence electrons. The maximum Gasteiger partial charge on any atom is 0.242 e. The highest BCUT2D eigenvalue weighted by Crippen LogP contribution is 2.41. The average Bonchev–Trinajstić information content (AvgIpc) is 3.37. The lowest BCUT2D eigenvalue weighted by molar-refractivity contribution is -0.253. The van der Waals surface area contributed by atoms with E-state index in [-0.39, 0.29) is 0 Å². The molecule has 3 rings (SSSR count). The van der Waals surface area contributed by atoms with Crippen molar-refractivity contribution in [2.75, 3.05) is 32.7 Å². The molecule has 2 aromatic heterocycles. The van der Waals surface area contributed by atoms with Gasteiger partial charge in [-0.3, -0.25) is 0 Å². The van der Waals surface area contributed by atoms with Gasteiger partial charge in [-0.05, 0) is 25.5 Å². The van der Waals surface area contributed by atoms with Gasteiger partial charge < -0.3 is 24.1 Å². The Morgan fingerprint density at radius 2 is 1.76 bits per heavy atom. The van der Waals surface area contributed by atoms with E-state index >= 15 is 0 Å². The summed E-state index contributed by atoms with van der Waals surface area (Å²) < 4.78 is 26.3. The zero-order chi connectivity index (χ0) is 23.7. The number of aromatic nitrogens is 4. The summed E-state index contributed by atoms with van der Waals surface area (Å²) >= 11 is 1.47. The molecule has 0 spiro atoms. The third-order valence-electron chi connectivity index (χ3n) is 5.74. The first-order valence-electron chi connectivity index (χ1n) is 12.0. The first-order valence-corrected chi connectivity index (χ1v) is 13.3. The Hall–Kier alpha value is -1.30. The van der Waals surface area contributed by atoms with Crippen LogP contribution in [-0.4, -0.2) is 75.7 Å². The first-order chi connectivity index (χ1) is 16.1. The Labute approximate surface area is 200 Å². The summed E-state index contributed by atoms with van der Waals surface area (Å²) in [5.41, 5.74) is 0.965. The van der Waals surface area contributed by atoms with Gasteiger partial charge in [-0.15, -0.1) is 11.8 Å². The van der Waals surface area contributed by atoms with Crippen molar-refractivity contribution in [2.24, 2.45) is 0 Å². The van der Waals surface area contributed by atoms with Crippen LogP contribution in [0.25, 0.3) is 5.65 Å². The van der Waals surface area contributed by atoms with E-state index in [0.29, 0.717) is 37.8 Å². The Balaban J connectivity index is 1.95. The van der Waals surface area contributed by atoms with Gasteiger partial charge in [0.05, 0.1) is 12.8 Å². The van der Waals surface area contributed by atoms with Crippen LogP contribution in [-0.2, 0) is 24.7 Å². The number of fused-ring (bicyclic) bond motifs is 1. The molecule has 0 aliphatic carbocycles. The Morgan fingerprint density at radius 3 is 2.45 bits per heavy atom. The molecule has 2 aromatic rings. The number of hydrogen-bond donors (Lipinski definition) is 1. The Kier molecular flexibility index (Phi) is 10.3. The second-order valence-corrected chi connectivity index (χ2v) is 9.06. The van der Waals surface area contributed by atoms with Gasteiger partial charge in [0.1, 0.15) is 35.4 Å². The highest BCUT2D eigenvalue weighted by molar-refractivity contribution is 7.98. The molecule has 0 radical (unpaired) electrons. The van der Waals surface area contributed by atoms with Gasteiger partial charge in [0, 0.05) is 19.8 Å². The van der Waals surface area contributed by atoms with Gasteiger partial charge in [0.25, 0.3) is 0 Å². The lowest BCUT2D eigenvalue weighted by Crippen LogP contribution is -2.45. The van der Waals surface area contributed by atoms with Crippen molar-refractivity contribution in [3.63, 3.8) is 0 Å². The van der Waals surface area contributed by atoms with Crippen molar-refractivity contribution in [1.82, 2.24) is 19.6 Å². The van der Waals surface area contributed by atoms with Gasteiger partial charge in [-0.25, -0.2) is 14.5 Å². The zero-order valence-corrected chi connectivity index (χ0v) is 21.1. The van der Waals surface area contributed by atoms with Crippen LogP contribution in [0, 0.1) is 0 Å². The first kappa shape index (κ1) is 26.3. The second kappa shape index (κ2) is 13.0. The quantitative estimate of drug-likeness (QED) is 0.301. The van der Waals surface area contributed by atoms with E-state index in [1.807, 2.05) is 6.26 Å². The average molecular weight is 483 g/mol. The molecule has 3 heterocycles. The van der Waals surface area contributed by atoms with Crippen LogP contribution < -0.4 is 0 Å². The van der Waals surface area contributed by atoms with Crippen molar-refractivity contribution < 1.29 is 24.1 Å². The van der Waals surface area contributed by atoms with Crippen LogP contribution in [0.1, 0.15) is 65.0 Å². The van der Waals surface area contributed by atoms with E-state index in [2.05, 4.69) is 35.8 Å². The summed E-state index contributed by atoms with van der Waals surface area (Å²) in [5.74, 6) is -1.78. The van der Waals surface area contributed by atoms with Crippen molar-refractivity contribution in [3.8, 4) is 0 Å². The number of aliphatic hydroxyl groups is 1. The molecule has 1 saturated heterocycles. The fourth-order valence-electron chi connectivity index (χ4n) is 3.87. The summed E-state index contributed by atoms with van der Waals surface area (Å²) in [4.78, 5) is 8.75. The number of ether oxygens (including phenoxy) is 4. The molecule has 10 heteroatoms. The third kappa shape index (κ3) is 6.04. The highest BCUT2D eigenvalue weighted by atomic mass is 32.2. The molecular formula is C23H38N4O5S. The van der Waals surface area contributed by atoms with E-state index in [1.54, 1.807) is 10.7 Å². The minimum atomic E-state index is -1.78. The molecule has 0 aromatic carbocycles. The van der Waals surface area contributed by atoms with Crippen molar-refractivity contribution in [3.05, 3.63) is 18.2 Å². The SMILES string of the molecule is CCCCOC[C@H]1O[C@@](O)(c2cnc3c(SC)ncnn23)[C@H](OCCCC)[C@@H]1OCCCC. The highest BCUT2D eigenvalue weighted by Gasteiger charge is 2.58. The van der Waals surface area contributed by atoms with Gasteiger partial charge in [0.15, 0.2) is 5.65 Å². The molecule has 0 unspecified atom stereocenters. The normalized spacial score (nSPS) is 25.3. The van der Waals surface area contributed by atoms with Crippen molar-refractivity contribution in [2.45, 2.75) is 88.4 Å². The van der Waals surface area contributed by atoms with Crippen LogP contribution >= 0.6 is 11.8 Å². The number of hydrogen-bond acceptors (Lipinski definition) is 9. The van der Waals surface area contributed by atoms with Crippen LogP contribution in [0.4, 0.5) is 0 Å². The summed E-state index contributed by atoms with van der Waals surface area (Å²) in [6.45, 7) is 8.35. The number of unbranched alkanes of at least 4 members (excludes halogenated alkanes) is 3. The topological polar surface area (TPSA) is 100 Å². The Bertz CT molecular complexity index is 853. The monoisotopic (exact) mass is 482 g/mol. The van der Waals surface area contributed by atoms with Crippen LogP contribution in [0.5, 0.6) is 0 Å². The maximum absolute atomic E-state index is 12.0. The zero-order valence-electron chi connectivity index (χ0n) is 20.2. The summed E-state index contributed by atoms with van der Waals surface area (Å²) in [6, 6.07) is 0. The van der Waals surface area contributed by atoms with E-state index in [0.717, 1.165) is 43.6 Å². The van der Waals surface area contributed by atoms with E-state index < -0.39 is 24.1 Å². The molecule has 9 nitrogen and oxygen atoms in total. The minimum absolute atomic E-state index is 0.314. The number of thioether (sulfide) groups is 1. The predicted molar refractivity (Wildman–Crippen MR) is 126 cm³/mol. The summed E-state index contributed by atoms with van der Waals surface area (Å²) in [7, 11) is 0. The van der Waals surface area contributed by atoms with Crippen LogP contribution in [0.15, 0.2) is 17.6 Å². The summed E-state index contributed by atoms with van der Waals surface area (Å²) in [6.07, 6.45) is 9.06. The molecule has 1 aliphatic rings. The van der Waals surface area contributed by atoms with E-state index in [1.165, 1.54) is 18.1 Å². The molecule has 1 aliphatic heterocycles.